The van der Waals surface area contributed by atoms with E-state index in [1.807, 2.05) is 36.4 Å². The molecule has 2 N–H and O–H groups in total. The average molecular weight is 443 g/mol. The number of halogens is 1. The first-order chi connectivity index (χ1) is 16.2. The first-order valence-corrected chi connectivity index (χ1v) is 10.7. The van der Waals surface area contributed by atoms with Gasteiger partial charge in [0, 0.05) is 0 Å². The minimum absolute atomic E-state index is 0.0112. The first kappa shape index (κ1) is 20.7. The van der Waals surface area contributed by atoms with Crippen LogP contribution >= 0.6 is 0 Å². The predicted molar refractivity (Wildman–Crippen MR) is 123 cm³/mol. The number of nitrogens with zero attached hydrogens (tertiary/aromatic N) is 3. The van der Waals surface area contributed by atoms with Gasteiger partial charge in [0.15, 0.2) is 6.61 Å². The van der Waals surface area contributed by atoms with Crippen LogP contribution in [0.4, 0.5) is 16.3 Å². The molecule has 2 heterocycles. The zero-order valence-corrected chi connectivity index (χ0v) is 17.7. The van der Waals surface area contributed by atoms with E-state index >= 15 is 0 Å². The molecule has 0 unspecified atom stereocenters. The molecule has 33 heavy (non-hydrogen) atoms. The zero-order chi connectivity index (χ0) is 22.6. The highest BCUT2D eigenvalue weighted by molar-refractivity contribution is 5.90. The number of hydrogen-bond acceptors (Lipinski definition) is 5. The van der Waals surface area contributed by atoms with Gasteiger partial charge in [-0.3, -0.25) is 10.1 Å². The molecule has 0 aliphatic carbocycles. The molecule has 1 aliphatic heterocycles. The second kappa shape index (κ2) is 9.12. The van der Waals surface area contributed by atoms with Gasteiger partial charge in [0.2, 0.25) is 5.95 Å². The number of carbonyl (C=O) groups excluding carboxylic acids is 1. The van der Waals surface area contributed by atoms with Gasteiger partial charge < -0.3 is 10.1 Å². The highest BCUT2D eigenvalue weighted by Gasteiger charge is 2.31. The summed E-state index contributed by atoms with van der Waals surface area (Å²) in [4.78, 5) is 16.9. The summed E-state index contributed by atoms with van der Waals surface area (Å²) in [5.41, 5.74) is 2.02. The Morgan fingerprint density at radius 3 is 2.42 bits per heavy atom. The van der Waals surface area contributed by atoms with Gasteiger partial charge in [-0.15, -0.1) is 5.10 Å². The summed E-state index contributed by atoms with van der Waals surface area (Å²) in [6, 6.07) is 25.4. The molecular weight excluding hydrogens is 421 g/mol. The number of nitrogens with one attached hydrogen (secondary N) is 2. The molecule has 1 amide bonds. The summed E-state index contributed by atoms with van der Waals surface area (Å²) >= 11 is 0. The number of para-hydroxylation sites is 1. The second-order valence-electron chi connectivity index (χ2n) is 7.76. The normalized spacial score (nSPS) is 17.0. The number of ether oxygens (including phenoxy) is 1. The van der Waals surface area contributed by atoms with E-state index < -0.39 is 0 Å². The summed E-state index contributed by atoms with van der Waals surface area (Å²) in [5.74, 6) is 0.661. The van der Waals surface area contributed by atoms with Crippen LogP contribution in [0.1, 0.15) is 29.6 Å². The Morgan fingerprint density at radius 1 is 1.00 bits per heavy atom. The third kappa shape index (κ3) is 4.69. The van der Waals surface area contributed by atoms with Crippen molar-refractivity contribution in [3.8, 4) is 5.75 Å². The molecule has 0 fully saturated rings. The number of anilines is 2. The van der Waals surface area contributed by atoms with Crippen LogP contribution in [0.3, 0.4) is 0 Å². The van der Waals surface area contributed by atoms with Crippen molar-refractivity contribution in [3.05, 3.63) is 102 Å². The van der Waals surface area contributed by atoms with Gasteiger partial charge in [-0.05, 0) is 41.8 Å². The number of hydrogen-bond donors (Lipinski definition) is 2. The first-order valence-electron chi connectivity index (χ1n) is 10.7. The topological polar surface area (TPSA) is 81.1 Å². The maximum absolute atomic E-state index is 13.5. The van der Waals surface area contributed by atoms with E-state index in [1.165, 1.54) is 12.1 Å². The molecule has 166 valence electrons. The predicted octanol–water partition coefficient (Wildman–Crippen LogP) is 4.58. The van der Waals surface area contributed by atoms with Crippen LogP contribution in [0.5, 0.6) is 5.75 Å². The summed E-state index contributed by atoms with van der Waals surface area (Å²) in [5, 5.41) is 10.6. The lowest BCUT2D eigenvalue weighted by molar-refractivity contribution is -0.118. The van der Waals surface area contributed by atoms with Crippen LogP contribution in [0, 0.1) is 5.82 Å². The standard InChI is InChI=1S/C25H22FN5O2/c26-19-13-11-18(12-14-19)22-15-21(17-7-3-1-4-8-17)27-25-29-24(30-31(22)25)28-23(32)16-33-20-9-5-2-6-10-20/h1-14,21-22H,15-16H2,(H2,27,28,29,30,32)/t21-,22+/m0/s1. The molecule has 5 rings (SSSR count). The summed E-state index contributed by atoms with van der Waals surface area (Å²) in [6.07, 6.45) is 0.691. The Balaban J connectivity index is 1.38. The minimum Gasteiger partial charge on any atom is -0.484 e. The fourth-order valence-electron chi connectivity index (χ4n) is 3.92. The molecule has 0 bridgehead atoms. The molecule has 0 saturated heterocycles. The molecular formula is C25H22FN5O2. The number of amides is 1. The van der Waals surface area contributed by atoms with Gasteiger partial charge in [0.1, 0.15) is 11.6 Å². The zero-order valence-electron chi connectivity index (χ0n) is 17.7. The van der Waals surface area contributed by atoms with Crippen LogP contribution in [-0.2, 0) is 4.79 Å². The van der Waals surface area contributed by atoms with E-state index in [9.17, 15) is 9.18 Å². The summed E-state index contributed by atoms with van der Waals surface area (Å²) in [6.45, 7) is -0.157. The average Bonchev–Trinajstić information content (AvgIpc) is 3.26. The third-order valence-electron chi connectivity index (χ3n) is 5.51. The lowest BCUT2D eigenvalue weighted by atomic mass is 9.93. The smallest absolute Gasteiger partial charge is 0.264 e. The minimum atomic E-state index is -0.361. The lowest BCUT2D eigenvalue weighted by Gasteiger charge is -2.31. The van der Waals surface area contributed by atoms with Crippen molar-refractivity contribution < 1.29 is 13.9 Å². The quantitative estimate of drug-likeness (QED) is 0.456. The highest BCUT2D eigenvalue weighted by atomic mass is 19.1. The van der Waals surface area contributed by atoms with Gasteiger partial charge in [-0.25, -0.2) is 9.07 Å². The molecule has 7 nitrogen and oxygen atoms in total. The SMILES string of the molecule is O=C(COc1ccccc1)Nc1nc2n(n1)[C@@H](c1ccc(F)cc1)C[C@@H](c1ccccc1)N2. The van der Waals surface area contributed by atoms with Gasteiger partial charge in [-0.1, -0.05) is 60.7 Å². The van der Waals surface area contributed by atoms with E-state index in [0.717, 1.165) is 11.1 Å². The summed E-state index contributed by atoms with van der Waals surface area (Å²) < 4.78 is 20.8. The van der Waals surface area contributed by atoms with E-state index in [0.29, 0.717) is 18.1 Å². The highest BCUT2D eigenvalue weighted by Crippen LogP contribution is 2.38. The van der Waals surface area contributed by atoms with Crippen LogP contribution in [0.2, 0.25) is 0 Å². The van der Waals surface area contributed by atoms with Gasteiger partial charge in [0.25, 0.3) is 11.9 Å². The number of rotatable bonds is 6. The molecule has 0 spiro atoms. The van der Waals surface area contributed by atoms with E-state index in [-0.39, 0.29) is 36.4 Å². The van der Waals surface area contributed by atoms with Gasteiger partial charge in [0.05, 0.1) is 12.1 Å². The Labute approximate surface area is 190 Å². The van der Waals surface area contributed by atoms with Crippen molar-refractivity contribution in [2.45, 2.75) is 18.5 Å². The van der Waals surface area contributed by atoms with Crippen molar-refractivity contribution in [1.29, 1.82) is 0 Å². The third-order valence-corrected chi connectivity index (χ3v) is 5.51. The van der Waals surface area contributed by atoms with Gasteiger partial charge in [-0.2, -0.15) is 4.98 Å². The van der Waals surface area contributed by atoms with Crippen LogP contribution < -0.4 is 15.4 Å². The molecule has 8 heteroatoms. The number of carbonyl (C=O) groups is 1. The molecule has 1 aliphatic rings. The molecule has 4 aromatic rings. The van der Waals surface area contributed by atoms with E-state index in [4.69, 9.17) is 4.74 Å². The van der Waals surface area contributed by atoms with Crippen molar-refractivity contribution in [2.24, 2.45) is 0 Å². The number of benzene rings is 3. The fraction of sp³-hybridized carbons (Fsp3) is 0.160. The fourth-order valence-corrected chi connectivity index (χ4v) is 3.92. The molecule has 1 aromatic heterocycles. The van der Waals surface area contributed by atoms with Crippen LogP contribution in [0.15, 0.2) is 84.9 Å². The Hall–Kier alpha value is -4.20. The monoisotopic (exact) mass is 443 g/mol. The van der Waals surface area contributed by atoms with Gasteiger partial charge >= 0.3 is 0 Å². The maximum Gasteiger partial charge on any atom is 0.264 e. The van der Waals surface area contributed by atoms with E-state index in [1.54, 1.807) is 28.9 Å². The Kier molecular flexibility index (Phi) is 5.72. The Morgan fingerprint density at radius 2 is 1.70 bits per heavy atom. The van der Waals surface area contributed by atoms with Crippen molar-refractivity contribution >= 4 is 17.8 Å². The van der Waals surface area contributed by atoms with Crippen molar-refractivity contribution in [1.82, 2.24) is 14.8 Å². The second-order valence-corrected chi connectivity index (χ2v) is 7.76. The van der Waals surface area contributed by atoms with Crippen molar-refractivity contribution in [2.75, 3.05) is 17.2 Å². The molecule has 3 aromatic carbocycles. The van der Waals surface area contributed by atoms with Crippen molar-refractivity contribution in [3.63, 3.8) is 0 Å². The maximum atomic E-state index is 13.5. The number of aromatic nitrogens is 3. The van der Waals surface area contributed by atoms with Crippen LogP contribution in [-0.4, -0.2) is 27.3 Å². The molecule has 0 saturated carbocycles. The largest absolute Gasteiger partial charge is 0.484 e. The van der Waals surface area contributed by atoms with E-state index in [2.05, 4.69) is 32.8 Å². The Bertz CT molecular complexity index is 1230. The number of fused-ring (bicyclic) bond motifs is 1. The van der Waals surface area contributed by atoms with Crippen LogP contribution in [0.25, 0.3) is 0 Å². The molecule has 0 radical (unpaired) electrons. The lowest BCUT2D eigenvalue weighted by Crippen LogP contribution is -2.28. The molecule has 2 atom stereocenters. The summed E-state index contributed by atoms with van der Waals surface area (Å²) in [7, 11) is 0.